The summed E-state index contributed by atoms with van der Waals surface area (Å²) in [6.45, 7) is 4.97. The number of hydrogen-bond acceptors (Lipinski definition) is 2. The van der Waals surface area contributed by atoms with Gasteiger partial charge in [0.15, 0.2) is 0 Å². The molecule has 20 heavy (non-hydrogen) atoms. The van der Waals surface area contributed by atoms with Gasteiger partial charge >= 0.3 is 0 Å². The number of nitrogens with one attached hydrogen (secondary N) is 1. The minimum Gasteiger partial charge on any atom is -0.398 e. The molecule has 1 fully saturated rings. The average Bonchev–Trinajstić information content (AvgIpc) is 2.42. The zero-order chi connectivity index (χ0) is 14.7. The summed E-state index contributed by atoms with van der Waals surface area (Å²) in [6.07, 6.45) is 5.01. The Hall–Kier alpha value is -1.03. The molecule has 2 rings (SSSR count). The van der Waals surface area contributed by atoms with Crippen LogP contribution in [0.5, 0.6) is 0 Å². The summed E-state index contributed by atoms with van der Waals surface area (Å²) in [5.74, 6) is 1.45. The molecule has 0 spiro atoms. The molecule has 1 aliphatic rings. The summed E-state index contributed by atoms with van der Waals surface area (Å²) in [7, 11) is 0. The lowest BCUT2D eigenvalue weighted by atomic mass is 9.83. The maximum atomic E-state index is 12.3. The highest BCUT2D eigenvalue weighted by atomic mass is 79.9. The summed E-state index contributed by atoms with van der Waals surface area (Å²) in [5.41, 5.74) is 8.07. The van der Waals surface area contributed by atoms with Crippen LogP contribution in [0, 0.1) is 18.8 Å². The lowest BCUT2D eigenvalue weighted by Gasteiger charge is -2.26. The Labute approximate surface area is 129 Å². The minimum atomic E-state index is -0.0193. The van der Waals surface area contributed by atoms with Gasteiger partial charge in [-0.25, -0.2) is 0 Å². The minimum absolute atomic E-state index is 0.0193. The van der Waals surface area contributed by atoms with Crippen LogP contribution >= 0.6 is 15.9 Å². The lowest BCUT2D eigenvalue weighted by molar-refractivity contribution is 0.0941. The van der Waals surface area contributed by atoms with E-state index in [0.29, 0.717) is 17.2 Å². The first kappa shape index (κ1) is 15.4. The summed E-state index contributed by atoms with van der Waals surface area (Å²) in [6, 6.07) is 3.67. The lowest BCUT2D eigenvalue weighted by Crippen LogP contribution is -2.31. The zero-order valence-corrected chi connectivity index (χ0v) is 13.8. The van der Waals surface area contributed by atoms with Crippen LogP contribution < -0.4 is 11.1 Å². The number of nitrogens with two attached hydrogens (primary N) is 1. The van der Waals surface area contributed by atoms with Gasteiger partial charge in [-0.15, -0.1) is 0 Å². The second-order valence-corrected chi connectivity index (χ2v) is 6.92. The van der Waals surface area contributed by atoms with Crippen molar-refractivity contribution >= 4 is 27.5 Å². The Morgan fingerprint density at radius 2 is 2.00 bits per heavy atom. The van der Waals surface area contributed by atoms with E-state index in [1.165, 1.54) is 25.7 Å². The quantitative estimate of drug-likeness (QED) is 0.821. The van der Waals surface area contributed by atoms with Crippen molar-refractivity contribution in [1.29, 1.82) is 0 Å². The average molecular weight is 339 g/mol. The van der Waals surface area contributed by atoms with Gasteiger partial charge in [0.2, 0.25) is 0 Å². The number of hydrogen-bond donors (Lipinski definition) is 2. The maximum absolute atomic E-state index is 12.3. The van der Waals surface area contributed by atoms with E-state index in [9.17, 15) is 4.79 Å². The predicted molar refractivity (Wildman–Crippen MR) is 86.7 cm³/mol. The van der Waals surface area contributed by atoms with Crippen molar-refractivity contribution in [2.45, 2.75) is 39.5 Å². The third-order valence-electron chi connectivity index (χ3n) is 4.34. The summed E-state index contributed by atoms with van der Waals surface area (Å²) in [4.78, 5) is 12.3. The molecule has 4 heteroatoms. The fourth-order valence-corrected chi connectivity index (χ4v) is 3.28. The molecule has 1 aromatic rings. The van der Waals surface area contributed by atoms with E-state index >= 15 is 0 Å². The Morgan fingerprint density at radius 1 is 1.35 bits per heavy atom. The van der Waals surface area contributed by atoms with Crippen LogP contribution in [-0.2, 0) is 0 Å². The van der Waals surface area contributed by atoms with Crippen molar-refractivity contribution in [2.75, 3.05) is 12.3 Å². The highest BCUT2D eigenvalue weighted by Gasteiger charge is 2.19. The fraction of sp³-hybridized carbons (Fsp3) is 0.562. The molecule has 0 bridgehead atoms. The number of carbonyl (C=O) groups is 1. The number of amides is 1. The molecular formula is C16H23BrN2O. The number of benzene rings is 1. The molecule has 3 N–H and O–H groups in total. The molecule has 110 valence electrons. The summed E-state index contributed by atoms with van der Waals surface area (Å²) < 4.78 is 0.845. The first-order valence-corrected chi connectivity index (χ1v) is 8.10. The molecular weight excluding hydrogens is 316 g/mol. The van der Waals surface area contributed by atoms with E-state index in [2.05, 4.69) is 28.2 Å². The highest BCUT2D eigenvalue weighted by molar-refractivity contribution is 9.10. The molecule has 0 atom stereocenters. The Balaban J connectivity index is 1.95. The van der Waals surface area contributed by atoms with Gasteiger partial charge in [-0.3, -0.25) is 4.79 Å². The number of nitrogen functional groups attached to an aromatic ring is 1. The van der Waals surface area contributed by atoms with Gasteiger partial charge in [0, 0.05) is 22.3 Å². The highest BCUT2D eigenvalue weighted by Crippen LogP contribution is 2.28. The van der Waals surface area contributed by atoms with Crippen molar-refractivity contribution in [3.8, 4) is 0 Å². The smallest absolute Gasteiger partial charge is 0.251 e. The molecule has 0 aromatic heterocycles. The second kappa shape index (κ2) is 6.61. The molecule has 1 saturated carbocycles. The standard InChI is InChI=1S/C16H23BrN2O/c1-10-3-5-12(6-4-10)9-19-16(20)14-7-13(17)8-15(18)11(14)2/h7-8,10,12H,3-6,9,18H2,1-2H3,(H,19,20). The van der Waals surface area contributed by atoms with Crippen molar-refractivity contribution in [2.24, 2.45) is 11.8 Å². The van der Waals surface area contributed by atoms with Gasteiger partial charge in [-0.1, -0.05) is 35.7 Å². The monoisotopic (exact) mass is 338 g/mol. The van der Waals surface area contributed by atoms with Gasteiger partial charge in [0.25, 0.3) is 5.91 Å². The van der Waals surface area contributed by atoms with E-state index in [0.717, 1.165) is 22.5 Å². The first-order valence-electron chi connectivity index (χ1n) is 7.31. The molecule has 0 aliphatic heterocycles. The third kappa shape index (κ3) is 3.75. The third-order valence-corrected chi connectivity index (χ3v) is 4.80. The Kier molecular flexibility index (Phi) is 5.08. The molecule has 1 aromatic carbocycles. The first-order chi connectivity index (χ1) is 9.47. The van der Waals surface area contributed by atoms with Crippen molar-refractivity contribution in [1.82, 2.24) is 5.32 Å². The van der Waals surface area contributed by atoms with Crippen LogP contribution in [0.3, 0.4) is 0 Å². The van der Waals surface area contributed by atoms with Gasteiger partial charge in [-0.2, -0.15) is 0 Å². The van der Waals surface area contributed by atoms with Crippen molar-refractivity contribution in [3.63, 3.8) is 0 Å². The summed E-state index contributed by atoms with van der Waals surface area (Å²) >= 11 is 3.39. The van der Waals surface area contributed by atoms with E-state index in [4.69, 9.17) is 5.73 Å². The predicted octanol–water partition coefficient (Wildman–Crippen LogP) is 3.90. The normalized spacial score (nSPS) is 22.6. The molecule has 3 nitrogen and oxygen atoms in total. The van der Waals surface area contributed by atoms with Gasteiger partial charge < -0.3 is 11.1 Å². The summed E-state index contributed by atoms with van der Waals surface area (Å²) in [5, 5.41) is 3.06. The van der Waals surface area contributed by atoms with Crippen LogP contribution in [0.15, 0.2) is 16.6 Å². The topological polar surface area (TPSA) is 55.1 Å². The molecule has 0 unspecified atom stereocenters. The molecule has 1 amide bonds. The zero-order valence-electron chi connectivity index (χ0n) is 12.2. The fourth-order valence-electron chi connectivity index (χ4n) is 2.80. The SMILES string of the molecule is Cc1c(N)cc(Br)cc1C(=O)NCC1CCC(C)CC1. The van der Waals surface area contributed by atoms with Gasteiger partial charge in [-0.05, 0) is 49.3 Å². The number of halogens is 1. The number of rotatable bonds is 3. The largest absolute Gasteiger partial charge is 0.398 e. The molecule has 1 aliphatic carbocycles. The van der Waals surface area contributed by atoms with Crippen LogP contribution in [0.4, 0.5) is 5.69 Å². The molecule has 0 saturated heterocycles. The van der Waals surface area contributed by atoms with E-state index in [-0.39, 0.29) is 5.91 Å². The van der Waals surface area contributed by atoms with E-state index in [1.807, 2.05) is 19.1 Å². The van der Waals surface area contributed by atoms with E-state index < -0.39 is 0 Å². The maximum Gasteiger partial charge on any atom is 0.251 e. The van der Waals surface area contributed by atoms with Gasteiger partial charge in [0.1, 0.15) is 0 Å². The number of anilines is 1. The Morgan fingerprint density at radius 3 is 2.65 bits per heavy atom. The molecule has 0 radical (unpaired) electrons. The van der Waals surface area contributed by atoms with Crippen LogP contribution in [0.2, 0.25) is 0 Å². The van der Waals surface area contributed by atoms with Crippen molar-refractivity contribution in [3.05, 3.63) is 27.7 Å². The van der Waals surface area contributed by atoms with Gasteiger partial charge in [0.05, 0.1) is 0 Å². The number of carbonyl (C=O) groups excluding carboxylic acids is 1. The van der Waals surface area contributed by atoms with E-state index in [1.54, 1.807) is 0 Å². The van der Waals surface area contributed by atoms with Crippen molar-refractivity contribution < 1.29 is 4.79 Å². The Bertz CT molecular complexity index is 493. The second-order valence-electron chi connectivity index (χ2n) is 6.00. The van der Waals surface area contributed by atoms with Crippen LogP contribution in [0.25, 0.3) is 0 Å². The van der Waals surface area contributed by atoms with Crippen LogP contribution in [0.1, 0.15) is 48.5 Å². The van der Waals surface area contributed by atoms with Crippen LogP contribution in [-0.4, -0.2) is 12.5 Å². The molecule has 0 heterocycles.